The largest absolute Gasteiger partial charge is 0.497 e. The maximum absolute atomic E-state index is 13.5. The van der Waals surface area contributed by atoms with E-state index in [1.54, 1.807) is 66.7 Å². The highest BCUT2D eigenvalue weighted by Crippen LogP contribution is 2.35. The third-order valence-corrected chi connectivity index (χ3v) is 5.86. The number of nitrogens with one attached hydrogen (secondary N) is 1. The first-order valence-corrected chi connectivity index (χ1v) is 11.1. The SMILES string of the molecule is COc1cccc(N2C(=O)C(CC(=O)Nc3ccccc3)N(Cc3ccc4c(c3)OCO4)C2=O)c1. The van der Waals surface area contributed by atoms with Crippen molar-refractivity contribution < 1.29 is 28.6 Å². The number of fused-ring (bicyclic) bond motifs is 1. The summed E-state index contributed by atoms with van der Waals surface area (Å²) >= 11 is 0. The van der Waals surface area contributed by atoms with Crippen LogP contribution in [-0.2, 0) is 16.1 Å². The van der Waals surface area contributed by atoms with Crippen molar-refractivity contribution >= 4 is 29.2 Å². The molecule has 9 heteroatoms. The molecule has 1 N–H and O–H groups in total. The fourth-order valence-electron chi connectivity index (χ4n) is 4.15. The molecule has 3 aromatic rings. The van der Waals surface area contributed by atoms with E-state index in [0.29, 0.717) is 28.6 Å². The lowest BCUT2D eigenvalue weighted by molar-refractivity contribution is -0.124. The van der Waals surface area contributed by atoms with Crippen LogP contribution >= 0.6 is 0 Å². The van der Waals surface area contributed by atoms with Crippen LogP contribution < -0.4 is 24.4 Å². The number of methoxy groups -OCH3 is 1. The zero-order valence-corrected chi connectivity index (χ0v) is 19.0. The molecule has 1 atom stereocenters. The summed E-state index contributed by atoms with van der Waals surface area (Å²) in [6.45, 7) is 0.247. The highest BCUT2D eigenvalue weighted by atomic mass is 16.7. The third-order valence-electron chi connectivity index (χ3n) is 5.86. The first kappa shape index (κ1) is 22.3. The second kappa shape index (κ2) is 9.38. The van der Waals surface area contributed by atoms with E-state index >= 15 is 0 Å². The Morgan fingerprint density at radius 1 is 1.00 bits per heavy atom. The summed E-state index contributed by atoms with van der Waals surface area (Å²) in [5, 5.41) is 2.79. The van der Waals surface area contributed by atoms with E-state index in [1.165, 1.54) is 12.0 Å². The molecule has 0 radical (unpaired) electrons. The molecule has 0 saturated carbocycles. The summed E-state index contributed by atoms with van der Waals surface area (Å²) in [4.78, 5) is 42.3. The van der Waals surface area contributed by atoms with Gasteiger partial charge in [0.15, 0.2) is 11.5 Å². The van der Waals surface area contributed by atoms with Crippen LogP contribution in [0.15, 0.2) is 72.8 Å². The molecule has 0 aliphatic carbocycles. The van der Waals surface area contributed by atoms with Crippen molar-refractivity contribution in [3.05, 3.63) is 78.4 Å². The molecule has 1 saturated heterocycles. The van der Waals surface area contributed by atoms with Crippen LogP contribution in [0.3, 0.4) is 0 Å². The molecule has 178 valence electrons. The predicted octanol–water partition coefficient (Wildman–Crippen LogP) is 3.79. The maximum Gasteiger partial charge on any atom is 0.332 e. The van der Waals surface area contributed by atoms with Gasteiger partial charge in [-0.1, -0.05) is 30.3 Å². The van der Waals surface area contributed by atoms with Gasteiger partial charge in [0.1, 0.15) is 11.8 Å². The highest BCUT2D eigenvalue weighted by Gasteiger charge is 2.46. The van der Waals surface area contributed by atoms with Gasteiger partial charge in [-0.3, -0.25) is 9.59 Å². The average molecular weight is 473 g/mol. The Labute approximate surface area is 201 Å². The Morgan fingerprint density at radius 2 is 1.80 bits per heavy atom. The lowest BCUT2D eigenvalue weighted by Crippen LogP contribution is -2.37. The number of carbonyl (C=O) groups excluding carboxylic acids is 3. The van der Waals surface area contributed by atoms with Gasteiger partial charge in [0.25, 0.3) is 5.91 Å². The molecule has 5 rings (SSSR count). The number of ether oxygens (including phenoxy) is 3. The first-order valence-electron chi connectivity index (χ1n) is 11.1. The van der Waals surface area contributed by atoms with Crippen LogP contribution in [0.25, 0.3) is 0 Å². The van der Waals surface area contributed by atoms with Crippen LogP contribution in [0.4, 0.5) is 16.2 Å². The number of hydrogen-bond acceptors (Lipinski definition) is 6. The number of para-hydroxylation sites is 1. The predicted molar refractivity (Wildman–Crippen MR) is 127 cm³/mol. The number of imide groups is 1. The van der Waals surface area contributed by atoms with Crippen molar-refractivity contribution in [2.24, 2.45) is 0 Å². The topological polar surface area (TPSA) is 97.4 Å². The number of rotatable bonds is 7. The number of amides is 4. The average Bonchev–Trinajstić information content (AvgIpc) is 3.42. The van der Waals surface area contributed by atoms with E-state index in [4.69, 9.17) is 14.2 Å². The van der Waals surface area contributed by atoms with Crippen molar-refractivity contribution in [1.29, 1.82) is 0 Å². The van der Waals surface area contributed by atoms with Crippen molar-refractivity contribution in [2.45, 2.75) is 19.0 Å². The second-order valence-electron chi connectivity index (χ2n) is 8.11. The van der Waals surface area contributed by atoms with Gasteiger partial charge in [-0.05, 0) is 42.0 Å². The minimum Gasteiger partial charge on any atom is -0.497 e. The normalized spacial score (nSPS) is 16.5. The van der Waals surface area contributed by atoms with Crippen LogP contribution in [0, 0.1) is 0 Å². The second-order valence-corrected chi connectivity index (χ2v) is 8.11. The first-order chi connectivity index (χ1) is 17.0. The van der Waals surface area contributed by atoms with Crippen molar-refractivity contribution in [2.75, 3.05) is 24.1 Å². The van der Waals surface area contributed by atoms with Crippen LogP contribution in [0.2, 0.25) is 0 Å². The minimum absolute atomic E-state index is 0.116. The van der Waals surface area contributed by atoms with Crippen molar-refractivity contribution in [3.63, 3.8) is 0 Å². The molecule has 0 bridgehead atoms. The van der Waals surface area contributed by atoms with E-state index in [-0.39, 0.29) is 25.7 Å². The summed E-state index contributed by atoms with van der Waals surface area (Å²) in [7, 11) is 1.51. The number of anilines is 2. The Morgan fingerprint density at radius 3 is 2.60 bits per heavy atom. The number of hydrogen-bond donors (Lipinski definition) is 1. The van der Waals surface area contributed by atoms with Crippen LogP contribution in [0.1, 0.15) is 12.0 Å². The molecule has 2 aliphatic rings. The van der Waals surface area contributed by atoms with Gasteiger partial charge in [0.05, 0.1) is 19.2 Å². The van der Waals surface area contributed by atoms with Crippen LogP contribution in [0.5, 0.6) is 17.2 Å². The lowest BCUT2D eigenvalue weighted by atomic mass is 10.1. The molecular weight excluding hydrogens is 450 g/mol. The fourth-order valence-corrected chi connectivity index (χ4v) is 4.15. The molecule has 2 aliphatic heterocycles. The minimum atomic E-state index is -0.983. The van der Waals surface area contributed by atoms with Gasteiger partial charge >= 0.3 is 6.03 Å². The Kier molecular flexibility index (Phi) is 5.97. The third kappa shape index (κ3) is 4.48. The van der Waals surface area contributed by atoms with Gasteiger partial charge in [0, 0.05) is 18.3 Å². The highest BCUT2D eigenvalue weighted by molar-refractivity contribution is 6.22. The summed E-state index contributed by atoms with van der Waals surface area (Å²) < 4.78 is 16.1. The van der Waals surface area contributed by atoms with E-state index in [1.807, 2.05) is 6.07 Å². The molecule has 35 heavy (non-hydrogen) atoms. The van der Waals surface area contributed by atoms with Crippen molar-refractivity contribution in [3.8, 4) is 17.2 Å². The van der Waals surface area contributed by atoms with Crippen LogP contribution in [-0.4, -0.2) is 42.7 Å². The standard InChI is InChI=1S/C26H23N3O6/c1-33-20-9-5-8-19(13-20)29-25(31)21(14-24(30)27-18-6-3-2-4-7-18)28(26(29)32)15-17-10-11-22-23(12-17)35-16-34-22/h2-13,21H,14-16H2,1H3,(H,27,30). The van der Waals surface area contributed by atoms with E-state index in [2.05, 4.69) is 5.32 Å². The van der Waals surface area contributed by atoms with Gasteiger partial charge in [0.2, 0.25) is 12.7 Å². The fraction of sp³-hybridized carbons (Fsp3) is 0.192. The van der Waals surface area contributed by atoms with Gasteiger partial charge in [-0.2, -0.15) is 0 Å². The molecule has 0 spiro atoms. The molecule has 3 aromatic carbocycles. The van der Waals surface area contributed by atoms with Gasteiger partial charge < -0.3 is 24.4 Å². The zero-order chi connectivity index (χ0) is 24.4. The maximum atomic E-state index is 13.5. The van der Waals surface area contributed by atoms with Gasteiger partial charge in [-0.25, -0.2) is 9.69 Å². The number of carbonyl (C=O) groups is 3. The number of urea groups is 1. The Hall–Kier alpha value is -4.53. The monoisotopic (exact) mass is 473 g/mol. The quantitative estimate of drug-likeness (QED) is 0.525. The van der Waals surface area contributed by atoms with Crippen molar-refractivity contribution in [1.82, 2.24) is 4.90 Å². The summed E-state index contributed by atoms with van der Waals surface area (Å²) in [5.74, 6) is 0.853. The Bertz CT molecular complexity index is 1280. The Balaban J connectivity index is 1.43. The number of benzene rings is 3. The van der Waals surface area contributed by atoms with E-state index in [0.717, 1.165) is 10.5 Å². The summed E-state index contributed by atoms with van der Waals surface area (Å²) in [6, 6.07) is 19.5. The zero-order valence-electron chi connectivity index (χ0n) is 19.0. The molecule has 1 unspecified atom stereocenters. The van der Waals surface area contributed by atoms with Gasteiger partial charge in [-0.15, -0.1) is 0 Å². The summed E-state index contributed by atoms with van der Waals surface area (Å²) in [5.41, 5.74) is 1.73. The smallest absolute Gasteiger partial charge is 0.332 e. The molecule has 4 amide bonds. The van der Waals surface area contributed by atoms with E-state index < -0.39 is 18.0 Å². The lowest BCUT2D eigenvalue weighted by Gasteiger charge is -2.22. The molecule has 2 heterocycles. The number of nitrogens with zero attached hydrogens (tertiary/aromatic N) is 2. The molecule has 1 fully saturated rings. The summed E-state index contributed by atoms with van der Waals surface area (Å²) in [6.07, 6.45) is -0.190. The van der Waals surface area contributed by atoms with E-state index in [9.17, 15) is 14.4 Å². The molecular formula is C26H23N3O6. The molecule has 0 aromatic heterocycles. The molecule has 9 nitrogen and oxygen atoms in total.